The molecule has 1 saturated heterocycles. The van der Waals surface area contributed by atoms with Crippen LogP contribution < -0.4 is 10.6 Å². The normalized spacial score (nSPS) is 16.2. The highest BCUT2D eigenvalue weighted by Gasteiger charge is 2.33. The van der Waals surface area contributed by atoms with Gasteiger partial charge in [0.25, 0.3) is 5.91 Å². The van der Waals surface area contributed by atoms with Gasteiger partial charge in [0.05, 0.1) is 33.0 Å². The molecule has 2 aromatic carbocycles. The zero-order valence-electron chi connectivity index (χ0n) is 19.9. The molecule has 1 fully saturated rings. The Hall–Kier alpha value is -2.98. The summed E-state index contributed by atoms with van der Waals surface area (Å²) in [5.74, 6) is -1.46. The average molecular weight is 561 g/mol. The highest BCUT2D eigenvalue weighted by molar-refractivity contribution is 7.88. The summed E-state index contributed by atoms with van der Waals surface area (Å²) in [6, 6.07) is 15.1. The fourth-order valence-electron chi connectivity index (χ4n) is 4.15. The van der Waals surface area contributed by atoms with E-state index in [1.807, 2.05) is 6.07 Å². The zero-order valence-corrected chi connectivity index (χ0v) is 22.2. The molecule has 0 unspecified atom stereocenters. The summed E-state index contributed by atoms with van der Waals surface area (Å²) in [6.07, 6.45) is 4.41. The summed E-state index contributed by atoms with van der Waals surface area (Å²) in [5.41, 5.74) is 2.06. The summed E-state index contributed by atoms with van der Waals surface area (Å²) in [4.78, 5) is 30.0. The van der Waals surface area contributed by atoms with Gasteiger partial charge in [0.15, 0.2) is 0 Å². The number of piperidine rings is 1. The number of hydrogen-bond donors (Lipinski definition) is 2. The van der Waals surface area contributed by atoms with Crippen LogP contribution in [0.25, 0.3) is 0 Å². The van der Waals surface area contributed by atoms with E-state index in [2.05, 4.69) is 15.6 Å². The van der Waals surface area contributed by atoms with Crippen LogP contribution in [0.15, 0.2) is 67.0 Å². The molecule has 37 heavy (non-hydrogen) atoms. The van der Waals surface area contributed by atoms with Crippen molar-refractivity contribution in [1.82, 2.24) is 14.6 Å². The number of para-hydroxylation sites is 1. The van der Waals surface area contributed by atoms with Crippen molar-refractivity contribution in [2.24, 2.45) is 5.92 Å². The lowest BCUT2D eigenvalue weighted by Crippen LogP contribution is -2.44. The van der Waals surface area contributed by atoms with E-state index in [1.54, 1.807) is 54.9 Å². The predicted octanol–water partition coefficient (Wildman–Crippen LogP) is 4.50. The molecule has 0 radical (unpaired) electrons. The molecule has 2 heterocycles. The van der Waals surface area contributed by atoms with Gasteiger partial charge in [-0.2, -0.15) is 0 Å². The number of sulfonamides is 1. The first-order valence-corrected chi connectivity index (χ1v) is 14.1. The smallest absolute Gasteiger partial charge is 0.253 e. The molecule has 4 rings (SSSR count). The number of hydrogen-bond acceptors (Lipinski definition) is 5. The Kier molecular flexibility index (Phi) is 8.81. The van der Waals surface area contributed by atoms with E-state index in [-0.39, 0.29) is 29.1 Å². The maximum atomic E-state index is 13.1. The van der Waals surface area contributed by atoms with Crippen molar-refractivity contribution < 1.29 is 18.0 Å². The van der Waals surface area contributed by atoms with Gasteiger partial charge in [0.2, 0.25) is 15.9 Å². The number of nitrogens with one attached hydrogen (secondary N) is 2. The number of amides is 2. The minimum Gasteiger partial charge on any atom is -0.348 e. The van der Waals surface area contributed by atoms with Gasteiger partial charge in [-0.25, -0.2) is 12.7 Å². The summed E-state index contributed by atoms with van der Waals surface area (Å²) in [7, 11) is -3.68. The minimum atomic E-state index is -3.68. The van der Waals surface area contributed by atoms with Gasteiger partial charge < -0.3 is 10.6 Å². The highest BCUT2D eigenvalue weighted by atomic mass is 35.5. The Balaban J connectivity index is 1.40. The van der Waals surface area contributed by atoms with Crippen LogP contribution in [0.2, 0.25) is 10.0 Å². The number of carbonyl (C=O) groups excluding carboxylic acids is 2. The first-order valence-electron chi connectivity index (χ1n) is 11.7. The third-order valence-corrected chi connectivity index (χ3v) is 8.64. The van der Waals surface area contributed by atoms with Gasteiger partial charge in [-0.1, -0.05) is 47.5 Å². The standard InChI is InChI=1S/C26H26Cl2N4O4S/c27-22-10-9-18(13-23(22)28)17-37(35,36)32-12-4-6-20(16-32)25(33)31-24-8-2-1-7-21(24)26(34)30-15-19-5-3-11-29-14-19/h1-3,5,7-11,13-14,20H,4,6,12,15-17H2,(H,30,34)(H,31,33)/t20-/m1/s1. The maximum absolute atomic E-state index is 13.1. The largest absolute Gasteiger partial charge is 0.348 e. The molecule has 1 atom stereocenters. The zero-order chi connectivity index (χ0) is 26.4. The van der Waals surface area contributed by atoms with Gasteiger partial charge in [0, 0.05) is 32.0 Å². The molecule has 1 aliphatic heterocycles. The van der Waals surface area contributed by atoms with E-state index in [0.29, 0.717) is 47.8 Å². The molecule has 1 aliphatic rings. The van der Waals surface area contributed by atoms with E-state index in [9.17, 15) is 18.0 Å². The van der Waals surface area contributed by atoms with Crippen LogP contribution in [0.3, 0.4) is 0 Å². The Labute approximate surface area is 226 Å². The number of aromatic nitrogens is 1. The quantitative estimate of drug-likeness (QED) is 0.421. The molecule has 194 valence electrons. The van der Waals surface area contributed by atoms with Crippen LogP contribution in [0.1, 0.15) is 34.3 Å². The predicted molar refractivity (Wildman–Crippen MR) is 144 cm³/mol. The fourth-order valence-corrected chi connectivity index (χ4v) is 6.06. The lowest BCUT2D eigenvalue weighted by Gasteiger charge is -2.31. The van der Waals surface area contributed by atoms with E-state index in [0.717, 1.165) is 5.56 Å². The number of anilines is 1. The van der Waals surface area contributed by atoms with Crippen LogP contribution in [0, 0.1) is 5.92 Å². The molecule has 0 spiro atoms. The highest BCUT2D eigenvalue weighted by Crippen LogP contribution is 2.27. The molecule has 11 heteroatoms. The van der Waals surface area contributed by atoms with Gasteiger partial charge in [0.1, 0.15) is 0 Å². The van der Waals surface area contributed by atoms with E-state index in [4.69, 9.17) is 23.2 Å². The van der Waals surface area contributed by atoms with Gasteiger partial charge in [-0.05, 0) is 54.3 Å². The Morgan fingerprint density at radius 1 is 1.03 bits per heavy atom. The summed E-state index contributed by atoms with van der Waals surface area (Å²) < 4.78 is 27.5. The molecular weight excluding hydrogens is 535 g/mol. The van der Waals surface area contributed by atoms with Crippen molar-refractivity contribution >= 4 is 50.7 Å². The average Bonchev–Trinajstić information content (AvgIpc) is 2.90. The molecule has 2 N–H and O–H groups in total. The molecule has 1 aromatic heterocycles. The van der Waals surface area contributed by atoms with Crippen molar-refractivity contribution in [3.8, 4) is 0 Å². The van der Waals surface area contributed by atoms with E-state index >= 15 is 0 Å². The minimum absolute atomic E-state index is 0.0604. The second-order valence-electron chi connectivity index (χ2n) is 8.78. The van der Waals surface area contributed by atoms with Crippen LogP contribution in [0.5, 0.6) is 0 Å². The number of nitrogens with zero attached hydrogens (tertiary/aromatic N) is 2. The maximum Gasteiger partial charge on any atom is 0.253 e. The number of rotatable bonds is 8. The lowest BCUT2D eigenvalue weighted by atomic mass is 9.98. The molecule has 8 nitrogen and oxygen atoms in total. The number of benzene rings is 2. The first kappa shape index (κ1) is 27.1. The lowest BCUT2D eigenvalue weighted by molar-refractivity contribution is -0.120. The van der Waals surface area contributed by atoms with Crippen LogP contribution in [0.4, 0.5) is 5.69 Å². The number of halogens is 2. The van der Waals surface area contributed by atoms with E-state index < -0.39 is 15.9 Å². The Bertz CT molecular complexity index is 1390. The van der Waals surface area contributed by atoms with Crippen molar-refractivity contribution in [2.75, 3.05) is 18.4 Å². The van der Waals surface area contributed by atoms with Crippen LogP contribution in [-0.4, -0.2) is 42.6 Å². The Morgan fingerprint density at radius 2 is 1.84 bits per heavy atom. The van der Waals surface area contributed by atoms with Crippen molar-refractivity contribution in [1.29, 1.82) is 0 Å². The second kappa shape index (κ2) is 12.0. The van der Waals surface area contributed by atoms with Crippen molar-refractivity contribution in [2.45, 2.75) is 25.1 Å². The van der Waals surface area contributed by atoms with Gasteiger partial charge in [-0.15, -0.1) is 0 Å². The molecule has 3 aromatic rings. The molecule has 0 aliphatic carbocycles. The molecule has 0 saturated carbocycles. The van der Waals surface area contributed by atoms with Gasteiger partial charge >= 0.3 is 0 Å². The van der Waals surface area contributed by atoms with Crippen molar-refractivity contribution in [3.63, 3.8) is 0 Å². The number of pyridine rings is 1. The van der Waals surface area contributed by atoms with E-state index in [1.165, 1.54) is 10.4 Å². The SMILES string of the molecule is O=C(NCc1cccnc1)c1ccccc1NC(=O)[C@@H]1CCCN(S(=O)(=O)Cc2ccc(Cl)c(Cl)c2)C1. The first-order chi connectivity index (χ1) is 17.7. The summed E-state index contributed by atoms with van der Waals surface area (Å²) in [6.45, 7) is 0.689. The van der Waals surface area contributed by atoms with Gasteiger partial charge in [-0.3, -0.25) is 14.6 Å². The van der Waals surface area contributed by atoms with Crippen LogP contribution in [-0.2, 0) is 27.1 Å². The summed E-state index contributed by atoms with van der Waals surface area (Å²) in [5, 5.41) is 6.30. The summed E-state index contributed by atoms with van der Waals surface area (Å²) >= 11 is 12.0. The Morgan fingerprint density at radius 3 is 2.59 bits per heavy atom. The topological polar surface area (TPSA) is 108 Å². The van der Waals surface area contributed by atoms with Crippen LogP contribution >= 0.6 is 23.2 Å². The monoisotopic (exact) mass is 560 g/mol. The third-order valence-electron chi connectivity index (χ3n) is 6.09. The third kappa shape index (κ3) is 7.07. The molecular formula is C26H26Cl2N4O4S. The second-order valence-corrected chi connectivity index (χ2v) is 11.6. The molecule has 0 bridgehead atoms. The number of carbonyl (C=O) groups is 2. The fraction of sp³-hybridized carbons (Fsp3) is 0.269. The molecule has 2 amide bonds. The van der Waals surface area contributed by atoms with Crippen molar-refractivity contribution in [3.05, 3.63) is 93.7 Å².